The third-order valence-corrected chi connectivity index (χ3v) is 9.05. The Morgan fingerprint density at radius 1 is 0.884 bits per heavy atom. The number of nitrogens with zero attached hydrogens (tertiary/aromatic N) is 2. The molecule has 1 atom stereocenters. The van der Waals surface area contributed by atoms with Gasteiger partial charge in [-0.25, -0.2) is 8.42 Å². The monoisotopic (exact) mass is 619 g/mol. The predicted octanol–water partition coefficient (Wildman–Crippen LogP) is 5.24. The van der Waals surface area contributed by atoms with Crippen molar-refractivity contribution in [2.45, 2.75) is 30.8 Å². The van der Waals surface area contributed by atoms with Crippen LogP contribution >= 0.6 is 11.6 Å². The molecule has 0 radical (unpaired) electrons. The highest BCUT2D eigenvalue weighted by atomic mass is 35.5. The first kappa shape index (κ1) is 31.6. The van der Waals surface area contributed by atoms with Crippen LogP contribution in [0.5, 0.6) is 5.75 Å². The molecule has 224 valence electrons. The van der Waals surface area contributed by atoms with Gasteiger partial charge in [0.05, 0.1) is 17.7 Å². The molecule has 0 aliphatic carbocycles. The van der Waals surface area contributed by atoms with E-state index in [0.29, 0.717) is 16.3 Å². The number of halogens is 1. The van der Waals surface area contributed by atoms with Crippen molar-refractivity contribution in [3.05, 3.63) is 125 Å². The normalized spacial score (nSPS) is 11.8. The van der Waals surface area contributed by atoms with Gasteiger partial charge in [-0.1, -0.05) is 71.8 Å². The Hall–Kier alpha value is -4.34. The quantitative estimate of drug-likeness (QED) is 0.234. The molecule has 4 rings (SSSR count). The number of methoxy groups -OCH3 is 1. The van der Waals surface area contributed by atoms with Crippen LogP contribution in [0.4, 0.5) is 5.69 Å². The van der Waals surface area contributed by atoms with Crippen molar-refractivity contribution in [3.63, 3.8) is 0 Å². The maximum atomic E-state index is 14.3. The summed E-state index contributed by atoms with van der Waals surface area (Å²) in [4.78, 5) is 29.1. The van der Waals surface area contributed by atoms with Crippen LogP contribution in [0.15, 0.2) is 108 Å². The van der Waals surface area contributed by atoms with Gasteiger partial charge in [-0.3, -0.25) is 13.9 Å². The first-order valence-electron chi connectivity index (χ1n) is 13.6. The highest BCUT2D eigenvalue weighted by Crippen LogP contribution is 2.27. The van der Waals surface area contributed by atoms with Crippen LogP contribution in [-0.4, -0.2) is 51.9 Å². The minimum absolute atomic E-state index is 0.0346. The second-order valence-electron chi connectivity index (χ2n) is 9.99. The van der Waals surface area contributed by atoms with Crippen molar-refractivity contribution in [1.29, 1.82) is 0 Å². The van der Waals surface area contributed by atoms with E-state index in [1.165, 1.54) is 24.1 Å². The lowest BCUT2D eigenvalue weighted by molar-refractivity contribution is -0.139. The molecule has 0 spiro atoms. The molecule has 43 heavy (non-hydrogen) atoms. The molecular weight excluding hydrogens is 586 g/mol. The maximum absolute atomic E-state index is 14.3. The molecule has 0 aliphatic rings. The zero-order chi connectivity index (χ0) is 31.0. The average molecular weight is 620 g/mol. The molecule has 10 heteroatoms. The SMILES string of the molecule is CNC(=O)[C@H](Cc1ccccc1)N(Cc1cccc(OC)c1)C(=O)CN(c1ccc(Cl)cc1)S(=O)(=O)c1ccc(C)cc1. The van der Waals surface area contributed by atoms with E-state index in [2.05, 4.69) is 5.32 Å². The molecule has 2 amide bonds. The molecule has 0 bridgehead atoms. The number of hydrogen-bond donors (Lipinski definition) is 1. The van der Waals surface area contributed by atoms with E-state index >= 15 is 0 Å². The van der Waals surface area contributed by atoms with Gasteiger partial charge >= 0.3 is 0 Å². The van der Waals surface area contributed by atoms with Crippen molar-refractivity contribution < 1.29 is 22.7 Å². The Morgan fingerprint density at radius 3 is 2.16 bits per heavy atom. The van der Waals surface area contributed by atoms with E-state index in [4.69, 9.17) is 16.3 Å². The number of hydrogen-bond acceptors (Lipinski definition) is 5. The van der Waals surface area contributed by atoms with Crippen molar-refractivity contribution in [2.75, 3.05) is 25.0 Å². The number of likely N-dealkylation sites (N-methyl/N-ethyl adjacent to an activating group) is 1. The van der Waals surface area contributed by atoms with E-state index in [0.717, 1.165) is 15.4 Å². The Labute approximate surface area is 257 Å². The van der Waals surface area contributed by atoms with Gasteiger partial charge in [-0.15, -0.1) is 0 Å². The van der Waals surface area contributed by atoms with Crippen molar-refractivity contribution >= 4 is 39.1 Å². The fourth-order valence-corrected chi connectivity index (χ4v) is 6.20. The van der Waals surface area contributed by atoms with Gasteiger partial charge in [0, 0.05) is 25.0 Å². The van der Waals surface area contributed by atoms with Crippen LogP contribution in [0, 0.1) is 6.92 Å². The summed E-state index contributed by atoms with van der Waals surface area (Å²) in [6, 6.07) is 28.3. The van der Waals surface area contributed by atoms with Crippen molar-refractivity contribution in [3.8, 4) is 5.75 Å². The number of benzene rings is 4. The summed E-state index contributed by atoms with van der Waals surface area (Å²) in [6.45, 7) is 1.35. The molecule has 0 aliphatic heterocycles. The smallest absolute Gasteiger partial charge is 0.264 e. The lowest BCUT2D eigenvalue weighted by atomic mass is 10.0. The molecule has 1 N–H and O–H groups in total. The largest absolute Gasteiger partial charge is 0.497 e. The second-order valence-corrected chi connectivity index (χ2v) is 12.3. The zero-order valence-corrected chi connectivity index (χ0v) is 25.8. The van der Waals surface area contributed by atoms with Gasteiger partial charge in [0.15, 0.2) is 0 Å². The Balaban J connectivity index is 1.79. The first-order valence-corrected chi connectivity index (χ1v) is 15.5. The minimum Gasteiger partial charge on any atom is -0.497 e. The average Bonchev–Trinajstić information content (AvgIpc) is 3.02. The van der Waals surface area contributed by atoms with E-state index in [1.54, 1.807) is 61.7 Å². The van der Waals surface area contributed by atoms with Gasteiger partial charge in [0.2, 0.25) is 11.8 Å². The summed E-state index contributed by atoms with van der Waals surface area (Å²) in [5.74, 6) is -0.341. The summed E-state index contributed by atoms with van der Waals surface area (Å²) in [6.07, 6.45) is 0.224. The number of rotatable bonds is 12. The summed E-state index contributed by atoms with van der Waals surface area (Å²) < 4.78 is 34.4. The zero-order valence-electron chi connectivity index (χ0n) is 24.2. The molecule has 4 aromatic carbocycles. The Kier molecular flexibility index (Phi) is 10.4. The fourth-order valence-electron chi connectivity index (χ4n) is 4.66. The molecule has 0 saturated heterocycles. The number of aryl methyl sites for hydroxylation is 1. The topological polar surface area (TPSA) is 96.0 Å². The number of amides is 2. The molecule has 0 fully saturated rings. The van der Waals surface area contributed by atoms with Gasteiger partial charge < -0.3 is 15.0 Å². The van der Waals surface area contributed by atoms with Gasteiger partial charge in [0.25, 0.3) is 10.0 Å². The first-order chi connectivity index (χ1) is 20.6. The Morgan fingerprint density at radius 2 is 1.53 bits per heavy atom. The molecule has 0 unspecified atom stereocenters. The second kappa shape index (κ2) is 14.2. The summed E-state index contributed by atoms with van der Waals surface area (Å²) in [7, 11) is -1.13. The molecular formula is C33H34ClN3O5S. The van der Waals surface area contributed by atoms with Crippen molar-refractivity contribution in [1.82, 2.24) is 10.2 Å². The maximum Gasteiger partial charge on any atom is 0.264 e. The van der Waals surface area contributed by atoms with Crippen LogP contribution in [0.3, 0.4) is 0 Å². The summed E-state index contributed by atoms with van der Waals surface area (Å²) in [5.41, 5.74) is 2.72. The predicted molar refractivity (Wildman–Crippen MR) is 169 cm³/mol. The van der Waals surface area contributed by atoms with E-state index in [9.17, 15) is 18.0 Å². The van der Waals surface area contributed by atoms with Gasteiger partial charge in [-0.05, 0) is 66.6 Å². The van der Waals surface area contributed by atoms with Crippen LogP contribution < -0.4 is 14.4 Å². The number of carbonyl (C=O) groups is 2. The Bertz CT molecular complexity index is 1650. The molecule has 4 aromatic rings. The summed E-state index contributed by atoms with van der Waals surface area (Å²) >= 11 is 6.11. The highest BCUT2D eigenvalue weighted by molar-refractivity contribution is 7.92. The molecule has 0 heterocycles. The van der Waals surface area contributed by atoms with Gasteiger partial charge in [0.1, 0.15) is 18.3 Å². The van der Waals surface area contributed by atoms with Crippen LogP contribution in [-0.2, 0) is 32.6 Å². The van der Waals surface area contributed by atoms with Crippen LogP contribution in [0.1, 0.15) is 16.7 Å². The fraction of sp³-hybridized carbons (Fsp3) is 0.212. The molecule has 0 aromatic heterocycles. The third kappa shape index (κ3) is 7.94. The minimum atomic E-state index is -4.18. The van der Waals surface area contributed by atoms with Crippen LogP contribution in [0.2, 0.25) is 5.02 Å². The number of nitrogens with one attached hydrogen (secondary N) is 1. The lowest BCUT2D eigenvalue weighted by Gasteiger charge is -2.33. The highest BCUT2D eigenvalue weighted by Gasteiger charge is 2.34. The molecule has 0 saturated carbocycles. The lowest BCUT2D eigenvalue weighted by Crippen LogP contribution is -2.53. The van der Waals surface area contributed by atoms with Crippen LogP contribution in [0.25, 0.3) is 0 Å². The van der Waals surface area contributed by atoms with Crippen molar-refractivity contribution in [2.24, 2.45) is 0 Å². The number of anilines is 1. The number of sulfonamides is 1. The summed E-state index contributed by atoms with van der Waals surface area (Å²) in [5, 5.41) is 3.10. The standard InChI is InChI=1S/C33H34ClN3O5S/c1-24-12-18-30(19-13-24)43(40,41)37(28-16-14-27(34)15-17-28)23-32(38)36(22-26-10-7-11-29(20-26)42-3)31(33(39)35-2)21-25-8-5-4-6-9-25/h4-20,31H,21-23H2,1-3H3,(H,35,39)/t31-/m0/s1. The number of ether oxygens (including phenoxy) is 1. The van der Waals surface area contributed by atoms with E-state index < -0.39 is 28.5 Å². The van der Waals surface area contributed by atoms with Gasteiger partial charge in [-0.2, -0.15) is 0 Å². The third-order valence-electron chi connectivity index (χ3n) is 7.01. The van der Waals surface area contributed by atoms with E-state index in [1.807, 2.05) is 43.3 Å². The van der Waals surface area contributed by atoms with E-state index in [-0.39, 0.29) is 29.5 Å². The number of carbonyl (C=O) groups excluding carboxylic acids is 2. The molecule has 8 nitrogen and oxygen atoms in total.